The summed E-state index contributed by atoms with van der Waals surface area (Å²) in [5.74, 6) is 0.852. The molecule has 0 N–H and O–H groups in total. The Hall–Kier alpha value is -0.290. The first-order valence-corrected chi connectivity index (χ1v) is 9.18. The molecule has 0 aliphatic carbocycles. The molecule has 0 spiro atoms. The first kappa shape index (κ1) is 16.1. The Morgan fingerprint density at radius 1 is 1.30 bits per heavy atom. The van der Waals surface area contributed by atoms with E-state index in [-0.39, 0.29) is 10.8 Å². The van der Waals surface area contributed by atoms with E-state index in [2.05, 4.69) is 6.92 Å². The molecule has 0 bridgehead atoms. The van der Waals surface area contributed by atoms with Crippen LogP contribution in [0.4, 0.5) is 0 Å². The van der Waals surface area contributed by atoms with Gasteiger partial charge in [0, 0.05) is 24.0 Å². The van der Waals surface area contributed by atoms with E-state index in [1.807, 2.05) is 0 Å². The zero-order chi connectivity index (χ0) is 14.8. The number of nitrogens with zero attached hydrogens (tertiary/aromatic N) is 1. The molecule has 0 amide bonds. The van der Waals surface area contributed by atoms with Crippen LogP contribution in [0.2, 0.25) is 5.02 Å². The van der Waals surface area contributed by atoms with Gasteiger partial charge in [-0.3, -0.25) is 0 Å². The SMILES string of the molecule is CCC1CCN(S(=O)(=O)c2ccc(Cl)c(CCl)c2)CC1. The molecule has 1 aliphatic heterocycles. The maximum atomic E-state index is 12.6. The van der Waals surface area contributed by atoms with Crippen LogP contribution in [0.15, 0.2) is 23.1 Å². The monoisotopic (exact) mass is 335 g/mol. The molecule has 1 heterocycles. The van der Waals surface area contributed by atoms with E-state index in [1.165, 1.54) is 0 Å². The summed E-state index contributed by atoms with van der Waals surface area (Å²) in [4.78, 5) is 0.285. The zero-order valence-corrected chi connectivity index (χ0v) is 13.8. The Bertz CT molecular complexity index is 567. The molecule has 0 unspecified atom stereocenters. The van der Waals surface area contributed by atoms with Gasteiger partial charge in [0.1, 0.15) is 0 Å². The Morgan fingerprint density at radius 3 is 2.50 bits per heavy atom. The number of halogens is 2. The smallest absolute Gasteiger partial charge is 0.207 e. The van der Waals surface area contributed by atoms with Crippen molar-refractivity contribution in [3.8, 4) is 0 Å². The number of hydrogen-bond acceptors (Lipinski definition) is 2. The lowest BCUT2D eigenvalue weighted by Gasteiger charge is -2.30. The Kier molecular flexibility index (Phi) is 5.35. The predicted molar refractivity (Wildman–Crippen MR) is 82.8 cm³/mol. The third-order valence-corrected chi connectivity index (χ3v) is 6.50. The van der Waals surface area contributed by atoms with E-state index >= 15 is 0 Å². The summed E-state index contributed by atoms with van der Waals surface area (Å²) in [6, 6.07) is 4.74. The van der Waals surface area contributed by atoms with E-state index in [9.17, 15) is 8.42 Å². The molecule has 0 saturated carbocycles. The molecule has 3 nitrogen and oxygen atoms in total. The fourth-order valence-electron chi connectivity index (χ4n) is 2.52. The van der Waals surface area contributed by atoms with Crippen LogP contribution in [-0.2, 0) is 15.9 Å². The number of rotatable bonds is 4. The van der Waals surface area contributed by atoms with Crippen molar-refractivity contribution in [3.63, 3.8) is 0 Å². The van der Waals surface area contributed by atoms with Crippen molar-refractivity contribution in [1.29, 1.82) is 0 Å². The van der Waals surface area contributed by atoms with Gasteiger partial charge in [-0.2, -0.15) is 4.31 Å². The van der Waals surface area contributed by atoms with Crippen LogP contribution in [0.3, 0.4) is 0 Å². The predicted octanol–water partition coefficient (Wildman–Crippen LogP) is 3.89. The summed E-state index contributed by atoms with van der Waals surface area (Å²) < 4.78 is 26.8. The summed E-state index contributed by atoms with van der Waals surface area (Å²) in [5.41, 5.74) is 0.651. The second-order valence-electron chi connectivity index (χ2n) is 5.14. The highest BCUT2D eigenvalue weighted by atomic mass is 35.5. The first-order valence-electron chi connectivity index (χ1n) is 6.83. The maximum absolute atomic E-state index is 12.6. The number of hydrogen-bond donors (Lipinski definition) is 0. The number of alkyl halides is 1. The lowest BCUT2D eigenvalue weighted by atomic mass is 9.96. The van der Waals surface area contributed by atoms with Crippen LogP contribution in [0, 0.1) is 5.92 Å². The minimum Gasteiger partial charge on any atom is -0.207 e. The fourth-order valence-corrected chi connectivity index (χ4v) is 4.52. The van der Waals surface area contributed by atoms with Gasteiger partial charge in [0.15, 0.2) is 0 Å². The number of piperidine rings is 1. The largest absolute Gasteiger partial charge is 0.243 e. The molecule has 112 valence electrons. The van der Waals surface area contributed by atoms with Crippen LogP contribution in [0.5, 0.6) is 0 Å². The second kappa shape index (κ2) is 6.65. The van der Waals surface area contributed by atoms with Gasteiger partial charge in [0.25, 0.3) is 0 Å². The highest BCUT2D eigenvalue weighted by molar-refractivity contribution is 7.89. The molecule has 1 fully saturated rings. The van der Waals surface area contributed by atoms with Crippen LogP contribution in [0.25, 0.3) is 0 Å². The summed E-state index contributed by atoms with van der Waals surface area (Å²) in [5, 5.41) is 0.503. The summed E-state index contributed by atoms with van der Waals surface area (Å²) in [6.45, 7) is 3.35. The first-order chi connectivity index (χ1) is 9.48. The minimum atomic E-state index is -3.43. The minimum absolute atomic E-state index is 0.208. The molecule has 0 atom stereocenters. The zero-order valence-electron chi connectivity index (χ0n) is 11.5. The van der Waals surface area contributed by atoms with Crippen LogP contribution in [-0.4, -0.2) is 25.8 Å². The Morgan fingerprint density at radius 2 is 1.95 bits per heavy atom. The normalized spacial score (nSPS) is 18.4. The third kappa shape index (κ3) is 3.30. The molecule has 0 aromatic heterocycles. The van der Waals surface area contributed by atoms with Crippen molar-refractivity contribution in [2.75, 3.05) is 13.1 Å². The van der Waals surface area contributed by atoms with Crippen molar-refractivity contribution < 1.29 is 8.42 Å². The molecule has 1 saturated heterocycles. The second-order valence-corrected chi connectivity index (χ2v) is 7.75. The molecule has 1 aromatic carbocycles. The van der Waals surface area contributed by atoms with Crippen molar-refractivity contribution >= 4 is 33.2 Å². The van der Waals surface area contributed by atoms with E-state index in [1.54, 1.807) is 22.5 Å². The van der Waals surface area contributed by atoms with Gasteiger partial charge in [0.05, 0.1) is 4.90 Å². The van der Waals surface area contributed by atoms with Crippen molar-refractivity contribution in [2.24, 2.45) is 5.92 Å². The molecular weight excluding hydrogens is 317 g/mol. The number of benzene rings is 1. The Balaban J connectivity index is 2.22. The molecule has 1 aromatic rings. The molecule has 0 radical (unpaired) electrons. The lowest BCUT2D eigenvalue weighted by Crippen LogP contribution is -2.38. The summed E-state index contributed by atoms with van der Waals surface area (Å²) in [6.07, 6.45) is 2.99. The molecule has 1 aliphatic rings. The summed E-state index contributed by atoms with van der Waals surface area (Å²) >= 11 is 11.8. The van der Waals surface area contributed by atoms with E-state index in [0.717, 1.165) is 19.3 Å². The van der Waals surface area contributed by atoms with Crippen LogP contribution >= 0.6 is 23.2 Å². The highest BCUT2D eigenvalue weighted by Gasteiger charge is 2.29. The van der Waals surface area contributed by atoms with Crippen molar-refractivity contribution in [2.45, 2.75) is 37.0 Å². The maximum Gasteiger partial charge on any atom is 0.243 e. The van der Waals surface area contributed by atoms with E-state index < -0.39 is 10.0 Å². The van der Waals surface area contributed by atoms with Crippen molar-refractivity contribution in [1.82, 2.24) is 4.31 Å². The van der Waals surface area contributed by atoms with Gasteiger partial charge < -0.3 is 0 Å². The van der Waals surface area contributed by atoms with Gasteiger partial charge in [-0.15, -0.1) is 11.6 Å². The molecule has 2 rings (SSSR count). The molecular formula is C14H19Cl2NO2S. The van der Waals surface area contributed by atoms with E-state index in [4.69, 9.17) is 23.2 Å². The topological polar surface area (TPSA) is 37.4 Å². The van der Waals surface area contributed by atoms with Gasteiger partial charge in [-0.05, 0) is 42.5 Å². The highest BCUT2D eigenvalue weighted by Crippen LogP contribution is 2.28. The van der Waals surface area contributed by atoms with Gasteiger partial charge in [0.2, 0.25) is 10.0 Å². The standard InChI is InChI=1S/C14H19Cl2NO2S/c1-2-11-5-7-17(8-6-11)20(18,19)13-3-4-14(16)12(9-13)10-15/h3-4,9,11H,2,5-8,10H2,1H3. The number of sulfonamides is 1. The van der Waals surface area contributed by atoms with Gasteiger partial charge in [-0.25, -0.2) is 8.42 Å². The quantitative estimate of drug-likeness (QED) is 0.782. The van der Waals surface area contributed by atoms with Crippen molar-refractivity contribution in [3.05, 3.63) is 28.8 Å². The molecule has 6 heteroatoms. The average Bonchev–Trinajstić information content (AvgIpc) is 2.47. The van der Waals surface area contributed by atoms with Gasteiger partial charge >= 0.3 is 0 Å². The van der Waals surface area contributed by atoms with Gasteiger partial charge in [-0.1, -0.05) is 24.9 Å². The Labute approximate surface area is 130 Å². The van der Waals surface area contributed by atoms with Crippen LogP contribution < -0.4 is 0 Å². The summed E-state index contributed by atoms with van der Waals surface area (Å²) in [7, 11) is -3.43. The third-order valence-electron chi connectivity index (χ3n) is 3.95. The fraction of sp³-hybridized carbons (Fsp3) is 0.571. The van der Waals surface area contributed by atoms with Crippen LogP contribution in [0.1, 0.15) is 31.7 Å². The average molecular weight is 336 g/mol. The van der Waals surface area contributed by atoms with E-state index in [0.29, 0.717) is 29.6 Å². The lowest BCUT2D eigenvalue weighted by molar-refractivity contribution is 0.269. The molecule has 20 heavy (non-hydrogen) atoms.